The molecule has 2 fully saturated rings. The number of rotatable bonds is 4. The van der Waals surface area contributed by atoms with Crippen molar-refractivity contribution in [1.82, 2.24) is 14.2 Å². The summed E-state index contributed by atoms with van der Waals surface area (Å²) in [5.74, 6) is -0.0708. The van der Waals surface area contributed by atoms with Crippen molar-refractivity contribution in [1.29, 1.82) is 0 Å². The van der Waals surface area contributed by atoms with Crippen LogP contribution in [0.4, 0.5) is 5.13 Å². The molecule has 2 aromatic rings. The lowest BCUT2D eigenvalue weighted by Crippen LogP contribution is -2.48. The molecule has 0 bridgehead atoms. The van der Waals surface area contributed by atoms with Crippen LogP contribution in [0.3, 0.4) is 0 Å². The van der Waals surface area contributed by atoms with Crippen LogP contribution in [0.5, 0.6) is 0 Å². The highest BCUT2D eigenvalue weighted by atomic mass is 32.2. The first-order valence-corrected chi connectivity index (χ1v) is 12.9. The second-order valence-corrected chi connectivity index (χ2v) is 10.9. The second kappa shape index (κ2) is 9.23. The number of amides is 1. The van der Waals surface area contributed by atoms with Gasteiger partial charge in [0.25, 0.3) is 5.91 Å². The van der Waals surface area contributed by atoms with Gasteiger partial charge in [-0.25, -0.2) is 13.4 Å². The maximum atomic E-state index is 13.0. The molecule has 2 aliphatic heterocycles. The predicted octanol–water partition coefficient (Wildman–Crippen LogP) is 2.29. The molecule has 10 heteroatoms. The molecule has 1 aromatic carbocycles. The number of carbonyl (C=O) groups is 1. The molecule has 2 unspecified atom stereocenters. The summed E-state index contributed by atoms with van der Waals surface area (Å²) in [6, 6.07) is 6.30. The largest absolute Gasteiger partial charge is 0.373 e. The number of thiazole rings is 1. The summed E-state index contributed by atoms with van der Waals surface area (Å²) in [5, 5.41) is 2.94. The molecule has 0 saturated carbocycles. The molecule has 0 spiro atoms. The number of carbonyl (C=O) groups excluding carboxylic acids is 1. The molecule has 2 aliphatic rings. The highest BCUT2D eigenvalue weighted by Gasteiger charge is 2.32. The second-order valence-electron chi connectivity index (χ2n) is 8.05. The minimum Gasteiger partial charge on any atom is -0.373 e. The SMILES string of the molecule is CC1CN(S(=O)(=O)c2ccc(C(=O)N3CCCN(c4nccs4)CC3)cc2)CC(C)O1. The van der Waals surface area contributed by atoms with E-state index in [1.165, 1.54) is 16.4 Å². The first-order valence-electron chi connectivity index (χ1n) is 10.5. The van der Waals surface area contributed by atoms with E-state index >= 15 is 0 Å². The molecular formula is C21H28N4O4S2. The van der Waals surface area contributed by atoms with Gasteiger partial charge in [0.2, 0.25) is 10.0 Å². The van der Waals surface area contributed by atoms with Gasteiger partial charge in [-0.2, -0.15) is 4.31 Å². The molecular weight excluding hydrogens is 436 g/mol. The Labute approximate surface area is 187 Å². The number of hydrogen-bond donors (Lipinski definition) is 0. The topological polar surface area (TPSA) is 83.1 Å². The summed E-state index contributed by atoms with van der Waals surface area (Å²) < 4.78 is 33.1. The first kappa shape index (κ1) is 22.2. The van der Waals surface area contributed by atoms with E-state index in [1.54, 1.807) is 29.7 Å². The van der Waals surface area contributed by atoms with Crippen LogP contribution < -0.4 is 4.90 Å². The molecule has 3 heterocycles. The zero-order valence-electron chi connectivity index (χ0n) is 17.8. The van der Waals surface area contributed by atoms with Crippen LogP contribution in [-0.4, -0.2) is 80.0 Å². The summed E-state index contributed by atoms with van der Waals surface area (Å²) in [6.07, 6.45) is 2.37. The summed E-state index contributed by atoms with van der Waals surface area (Å²) in [5.41, 5.74) is 0.505. The fraction of sp³-hybridized carbons (Fsp3) is 0.524. The van der Waals surface area contributed by atoms with Crippen molar-refractivity contribution in [3.8, 4) is 0 Å². The van der Waals surface area contributed by atoms with Crippen LogP contribution in [0, 0.1) is 0 Å². The van der Waals surface area contributed by atoms with Gasteiger partial charge in [-0.15, -0.1) is 11.3 Å². The molecule has 4 rings (SSSR count). The lowest BCUT2D eigenvalue weighted by atomic mass is 10.2. The molecule has 168 valence electrons. The fourth-order valence-corrected chi connectivity index (χ4v) is 6.40. The van der Waals surface area contributed by atoms with Gasteiger partial charge in [-0.1, -0.05) is 0 Å². The quantitative estimate of drug-likeness (QED) is 0.691. The molecule has 2 atom stereocenters. The Bertz CT molecular complexity index is 985. The van der Waals surface area contributed by atoms with Gasteiger partial charge in [-0.05, 0) is 44.5 Å². The molecule has 1 amide bonds. The molecule has 2 saturated heterocycles. The smallest absolute Gasteiger partial charge is 0.253 e. The fourth-order valence-electron chi connectivity index (χ4n) is 4.11. The van der Waals surface area contributed by atoms with Crippen molar-refractivity contribution >= 4 is 32.4 Å². The Hall–Kier alpha value is -2.01. The Morgan fingerprint density at radius 1 is 1.06 bits per heavy atom. The van der Waals surface area contributed by atoms with Gasteiger partial charge < -0.3 is 14.5 Å². The van der Waals surface area contributed by atoms with E-state index in [0.29, 0.717) is 31.7 Å². The van der Waals surface area contributed by atoms with E-state index in [9.17, 15) is 13.2 Å². The number of morpholine rings is 1. The lowest BCUT2D eigenvalue weighted by Gasteiger charge is -2.34. The van der Waals surface area contributed by atoms with E-state index in [4.69, 9.17) is 4.74 Å². The third kappa shape index (κ3) is 4.92. The average Bonchev–Trinajstić information content (AvgIpc) is 3.17. The van der Waals surface area contributed by atoms with Crippen LogP contribution in [0.25, 0.3) is 0 Å². The standard InChI is InChI=1S/C21H28N4O4S2/c1-16-14-25(15-17(2)29-16)31(27,28)19-6-4-18(5-7-19)20(26)23-9-3-10-24(12-11-23)21-22-8-13-30-21/h4-8,13,16-17H,3,9-12,14-15H2,1-2H3. The number of ether oxygens (including phenoxy) is 1. The lowest BCUT2D eigenvalue weighted by molar-refractivity contribution is -0.0440. The molecule has 0 N–H and O–H groups in total. The summed E-state index contributed by atoms with van der Waals surface area (Å²) >= 11 is 1.60. The van der Waals surface area contributed by atoms with Crippen molar-refractivity contribution in [3.63, 3.8) is 0 Å². The Morgan fingerprint density at radius 3 is 2.42 bits per heavy atom. The third-order valence-electron chi connectivity index (χ3n) is 5.60. The van der Waals surface area contributed by atoms with E-state index in [-0.39, 0.29) is 23.0 Å². The molecule has 1 aromatic heterocycles. The van der Waals surface area contributed by atoms with Gasteiger partial charge in [0.15, 0.2) is 5.13 Å². The maximum Gasteiger partial charge on any atom is 0.253 e. The Kier molecular flexibility index (Phi) is 6.61. The minimum atomic E-state index is -3.62. The maximum absolute atomic E-state index is 13.0. The zero-order chi connectivity index (χ0) is 22.0. The van der Waals surface area contributed by atoms with Crippen LogP contribution >= 0.6 is 11.3 Å². The normalized spacial score (nSPS) is 23.5. The number of nitrogens with zero attached hydrogens (tertiary/aromatic N) is 4. The Morgan fingerprint density at radius 2 is 1.77 bits per heavy atom. The van der Waals surface area contributed by atoms with Crippen LogP contribution in [0.2, 0.25) is 0 Å². The predicted molar refractivity (Wildman–Crippen MR) is 120 cm³/mol. The van der Waals surface area contributed by atoms with Crippen LogP contribution in [0.15, 0.2) is 40.7 Å². The van der Waals surface area contributed by atoms with Crippen molar-refractivity contribution in [2.75, 3.05) is 44.2 Å². The van der Waals surface area contributed by atoms with Crippen LogP contribution in [-0.2, 0) is 14.8 Å². The molecule has 31 heavy (non-hydrogen) atoms. The van der Waals surface area contributed by atoms with Gasteiger partial charge in [-0.3, -0.25) is 4.79 Å². The van der Waals surface area contributed by atoms with Crippen molar-refractivity contribution in [3.05, 3.63) is 41.4 Å². The summed E-state index contributed by atoms with van der Waals surface area (Å²) in [7, 11) is -3.62. The monoisotopic (exact) mass is 464 g/mol. The van der Waals surface area contributed by atoms with E-state index in [1.807, 2.05) is 24.1 Å². The van der Waals surface area contributed by atoms with Crippen molar-refractivity contribution in [2.45, 2.75) is 37.4 Å². The van der Waals surface area contributed by atoms with Gasteiger partial charge in [0.05, 0.1) is 17.1 Å². The molecule has 0 radical (unpaired) electrons. The van der Waals surface area contributed by atoms with Crippen molar-refractivity contribution in [2.24, 2.45) is 0 Å². The van der Waals surface area contributed by atoms with Gasteiger partial charge in [0.1, 0.15) is 0 Å². The van der Waals surface area contributed by atoms with E-state index in [0.717, 1.165) is 24.6 Å². The highest BCUT2D eigenvalue weighted by Crippen LogP contribution is 2.23. The van der Waals surface area contributed by atoms with E-state index < -0.39 is 10.0 Å². The number of benzene rings is 1. The summed E-state index contributed by atoms with van der Waals surface area (Å²) in [6.45, 7) is 7.29. The molecule has 8 nitrogen and oxygen atoms in total. The Balaban J connectivity index is 1.43. The number of anilines is 1. The van der Waals surface area contributed by atoms with Crippen LogP contribution in [0.1, 0.15) is 30.6 Å². The van der Waals surface area contributed by atoms with Crippen molar-refractivity contribution < 1.29 is 17.9 Å². The zero-order valence-corrected chi connectivity index (χ0v) is 19.4. The highest BCUT2D eigenvalue weighted by molar-refractivity contribution is 7.89. The average molecular weight is 465 g/mol. The summed E-state index contributed by atoms with van der Waals surface area (Å²) in [4.78, 5) is 21.6. The number of aromatic nitrogens is 1. The first-order chi connectivity index (χ1) is 14.8. The van der Waals surface area contributed by atoms with E-state index in [2.05, 4.69) is 9.88 Å². The van der Waals surface area contributed by atoms with Gasteiger partial charge >= 0.3 is 0 Å². The number of hydrogen-bond acceptors (Lipinski definition) is 7. The molecule has 0 aliphatic carbocycles. The minimum absolute atomic E-state index is 0.0708. The third-order valence-corrected chi connectivity index (χ3v) is 8.28. The number of sulfonamides is 1. The van der Waals surface area contributed by atoms with Gasteiger partial charge in [0, 0.05) is 56.4 Å².